The molecule has 2 fully saturated rings. The average Bonchev–Trinajstić information content (AvgIpc) is 4.05. The number of nitrogens with zero attached hydrogens (tertiary/aromatic N) is 8. The Labute approximate surface area is 343 Å². The first kappa shape index (κ1) is 38.5. The lowest BCUT2D eigenvalue weighted by Crippen LogP contribution is -2.36. The lowest BCUT2D eigenvalue weighted by Gasteiger charge is -2.28. The molecule has 14 nitrogen and oxygen atoms in total. The van der Waals surface area contributed by atoms with E-state index < -0.39 is 0 Å². The minimum absolute atomic E-state index is 0.323. The molecular weight excluding hydrogens is 771 g/mol. The van der Waals surface area contributed by atoms with E-state index in [1.54, 1.807) is 57.2 Å². The molecule has 6 aromatic heterocycles. The molecule has 2 aliphatic heterocycles. The van der Waals surface area contributed by atoms with Gasteiger partial charge in [0.05, 0.1) is 52.0 Å². The summed E-state index contributed by atoms with van der Waals surface area (Å²) in [6.07, 6.45) is 6.78. The van der Waals surface area contributed by atoms with Crippen molar-refractivity contribution in [2.45, 2.75) is 0 Å². The smallest absolute Gasteiger partial charge is 0.131 e. The van der Waals surface area contributed by atoms with Crippen molar-refractivity contribution in [1.82, 2.24) is 40.3 Å². The molecule has 0 unspecified atom stereocenters. The van der Waals surface area contributed by atoms with Crippen LogP contribution in [0.2, 0.25) is 0 Å². The highest BCUT2D eigenvalue weighted by Crippen LogP contribution is 2.40. The second kappa shape index (κ2) is 17.1. The first-order valence-corrected chi connectivity index (χ1v) is 19.4. The summed E-state index contributed by atoms with van der Waals surface area (Å²) in [5.74, 6) is 2.09. The third-order valence-corrected chi connectivity index (χ3v) is 10.5. The van der Waals surface area contributed by atoms with Gasteiger partial charge >= 0.3 is 0 Å². The summed E-state index contributed by atoms with van der Waals surface area (Å²) >= 11 is 0. The molecular formula is C44H40F2N10O4. The molecule has 0 atom stereocenters. The highest BCUT2D eigenvalue weighted by Gasteiger charge is 2.22. The fourth-order valence-corrected chi connectivity index (χ4v) is 7.53. The Morgan fingerprint density at radius 3 is 1.62 bits per heavy atom. The third kappa shape index (κ3) is 7.65. The Balaban J connectivity index is 0.000000154. The molecule has 2 saturated heterocycles. The van der Waals surface area contributed by atoms with Crippen LogP contribution in [0.3, 0.4) is 0 Å². The van der Waals surface area contributed by atoms with Gasteiger partial charge < -0.3 is 28.7 Å². The largest absolute Gasteiger partial charge is 0.497 e. The van der Waals surface area contributed by atoms with Gasteiger partial charge in [0.15, 0.2) is 0 Å². The number of hydrogen-bond acceptors (Lipinski definition) is 12. The van der Waals surface area contributed by atoms with E-state index in [4.69, 9.17) is 28.9 Å². The first-order chi connectivity index (χ1) is 29.5. The van der Waals surface area contributed by atoms with Gasteiger partial charge in [-0.3, -0.25) is 20.2 Å². The van der Waals surface area contributed by atoms with Gasteiger partial charge in [0, 0.05) is 72.9 Å². The third-order valence-electron chi connectivity index (χ3n) is 10.5. The van der Waals surface area contributed by atoms with E-state index >= 15 is 0 Å². The Bertz CT molecular complexity index is 2760. The normalized spacial score (nSPS) is 14.3. The molecule has 2 N–H and O–H groups in total. The number of ether oxygens (including phenoxy) is 4. The number of anilines is 2. The van der Waals surface area contributed by atoms with E-state index in [9.17, 15) is 8.78 Å². The molecule has 2 aromatic carbocycles. The molecule has 10 rings (SSSR count). The predicted molar refractivity (Wildman–Crippen MR) is 224 cm³/mol. The van der Waals surface area contributed by atoms with Crippen LogP contribution in [0.15, 0.2) is 97.6 Å². The summed E-state index contributed by atoms with van der Waals surface area (Å²) in [5, 5.41) is 15.7. The van der Waals surface area contributed by atoms with Crippen LogP contribution in [-0.2, 0) is 9.47 Å². The fourth-order valence-electron chi connectivity index (χ4n) is 7.53. The zero-order chi connectivity index (χ0) is 41.0. The molecule has 304 valence electrons. The summed E-state index contributed by atoms with van der Waals surface area (Å²) in [5.41, 5.74) is 6.98. The second-order valence-corrected chi connectivity index (χ2v) is 14.0. The van der Waals surface area contributed by atoms with Crippen LogP contribution in [0, 0.1) is 11.6 Å². The van der Waals surface area contributed by atoms with E-state index in [1.807, 2.05) is 36.4 Å². The van der Waals surface area contributed by atoms with Crippen molar-refractivity contribution in [2.24, 2.45) is 0 Å². The number of rotatable bonds is 8. The minimum Gasteiger partial charge on any atom is -0.497 e. The summed E-state index contributed by atoms with van der Waals surface area (Å²) in [6, 6.07) is 20.7. The molecule has 0 bridgehead atoms. The van der Waals surface area contributed by atoms with Gasteiger partial charge in [-0.1, -0.05) is 0 Å². The second-order valence-electron chi connectivity index (χ2n) is 14.0. The monoisotopic (exact) mass is 810 g/mol. The summed E-state index contributed by atoms with van der Waals surface area (Å²) in [7, 11) is 3.15. The van der Waals surface area contributed by atoms with Gasteiger partial charge in [-0.2, -0.15) is 10.2 Å². The highest BCUT2D eigenvalue weighted by molar-refractivity contribution is 6.03. The zero-order valence-corrected chi connectivity index (χ0v) is 32.9. The van der Waals surface area contributed by atoms with Crippen LogP contribution >= 0.6 is 0 Å². The summed E-state index contributed by atoms with van der Waals surface area (Å²) in [6.45, 7) is 5.44. The highest BCUT2D eigenvalue weighted by atomic mass is 19.1. The standard InChI is InChI=1S/2C22H20FN5O2/c1-29-19-3-2-14(23)12-17(19)16-13-20(28-8-10-30-11-9-28)26-21-15(16)4-6-24-22(21)18-5-7-25-27-18;1-29-14-2-3-18(23)17(12-14)16-13-20(28-8-10-30-11-9-28)26-21-15(16)4-6-24-22(21)19-5-7-25-27-19/h2*2-7,12-13H,8-11H2,1H3,(H,25,27). The van der Waals surface area contributed by atoms with Gasteiger partial charge in [0.25, 0.3) is 0 Å². The van der Waals surface area contributed by atoms with Crippen LogP contribution < -0.4 is 19.3 Å². The number of methoxy groups -OCH3 is 2. The Morgan fingerprint density at radius 2 is 1.12 bits per heavy atom. The number of aromatic amines is 2. The molecule has 0 aliphatic carbocycles. The van der Waals surface area contributed by atoms with Gasteiger partial charge in [-0.15, -0.1) is 0 Å². The summed E-state index contributed by atoms with van der Waals surface area (Å²) in [4.78, 5) is 23.3. The molecule has 0 spiro atoms. The van der Waals surface area contributed by atoms with E-state index in [-0.39, 0.29) is 11.6 Å². The van der Waals surface area contributed by atoms with Crippen molar-refractivity contribution < 1.29 is 27.7 Å². The van der Waals surface area contributed by atoms with Crippen LogP contribution in [0.5, 0.6) is 11.5 Å². The quantitative estimate of drug-likeness (QED) is 0.158. The number of H-pyrrole nitrogens is 2. The van der Waals surface area contributed by atoms with E-state index in [0.717, 1.165) is 71.1 Å². The predicted octanol–water partition coefficient (Wildman–Crippen LogP) is 7.34. The van der Waals surface area contributed by atoms with Crippen molar-refractivity contribution in [1.29, 1.82) is 0 Å². The number of hydrogen-bond donors (Lipinski definition) is 2. The van der Waals surface area contributed by atoms with Crippen LogP contribution in [0.25, 0.3) is 66.8 Å². The molecule has 0 amide bonds. The van der Waals surface area contributed by atoms with Crippen LogP contribution in [0.1, 0.15) is 0 Å². The SMILES string of the molecule is COc1ccc(F)c(-c2cc(N3CCOCC3)nc3c(-c4ccn[nH]4)nccc23)c1.COc1ccc(F)cc1-c1cc(N2CCOCC2)nc2c(-c3ccn[nH]3)nccc12. The van der Waals surface area contributed by atoms with E-state index in [1.165, 1.54) is 18.2 Å². The number of fused-ring (bicyclic) bond motifs is 2. The van der Waals surface area contributed by atoms with Crippen molar-refractivity contribution in [2.75, 3.05) is 76.6 Å². The maximum atomic E-state index is 14.9. The minimum atomic E-state index is -0.327. The maximum Gasteiger partial charge on any atom is 0.131 e. The lowest BCUT2D eigenvalue weighted by molar-refractivity contribution is 0.122. The fraction of sp³-hybridized carbons (Fsp3) is 0.227. The Kier molecular flexibility index (Phi) is 10.9. The number of pyridine rings is 4. The van der Waals surface area contributed by atoms with Crippen molar-refractivity contribution in [3.05, 3.63) is 109 Å². The van der Waals surface area contributed by atoms with Crippen LogP contribution in [-0.4, -0.2) is 107 Å². The topological polar surface area (TPSA) is 152 Å². The Hall–Kier alpha value is -7.04. The molecule has 8 aromatic rings. The molecule has 16 heteroatoms. The zero-order valence-electron chi connectivity index (χ0n) is 32.9. The lowest BCUT2D eigenvalue weighted by atomic mass is 9.99. The van der Waals surface area contributed by atoms with Crippen molar-refractivity contribution in [3.8, 4) is 56.5 Å². The number of aromatic nitrogens is 8. The maximum absolute atomic E-state index is 14.9. The molecule has 2 aliphatic rings. The van der Waals surface area contributed by atoms with Gasteiger partial charge in [-0.25, -0.2) is 18.7 Å². The molecule has 8 heterocycles. The molecule has 60 heavy (non-hydrogen) atoms. The number of halogens is 2. The number of morpholine rings is 2. The molecule has 0 radical (unpaired) electrons. The number of nitrogens with one attached hydrogen (secondary N) is 2. The Morgan fingerprint density at radius 1 is 0.567 bits per heavy atom. The van der Waals surface area contributed by atoms with E-state index in [2.05, 4.69) is 40.2 Å². The summed E-state index contributed by atoms with van der Waals surface area (Å²) < 4.78 is 51.0. The van der Waals surface area contributed by atoms with E-state index in [0.29, 0.717) is 71.5 Å². The van der Waals surface area contributed by atoms with Gasteiger partial charge in [0.1, 0.15) is 57.2 Å². The number of benzene rings is 2. The van der Waals surface area contributed by atoms with Gasteiger partial charge in [0.2, 0.25) is 0 Å². The van der Waals surface area contributed by atoms with Crippen molar-refractivity contribution in [3.63, 3.8) is 0 Å². The first-order valence-electron chi connectivity index (χ1n) is 19.4. The average molecular weight is 811 g/mol. The van der Waals surface area contributed by atoms with Crippen molar-refractivity contribution >= 4 is 33.4 Å². The molecule has 0 saturated carbocycles. The van der Waals surface area contributed by atoms with Gasteiger partial charge in [-0.05, 0) is 83.9 Å². The van der Waals surface area contributed by atoms with Crippen LogP contribution in [0.4, 0.5) is 20.4 Å².